The van der Waals surface area contributed by atoms with E-state index in [-0.39, 0.29) is 31.3 Å². The Labute approximate surface area is 121 Å². The summed E-state index contributed by atoms with van der Waals surface area (Å²) < 4.78 is 5.66. The van der Waals surface area contributed by atoms with Crippen LogP contribution in [-0.4, -0.2) is 10.1 Å². The molecule has 99 valence electrons. The number of rotatable bonds is 2. The van der Waals surface area contributed by atoms with Crippen molar-refractivity contribution in [2.24, 2.45) is 5.41 Å². The molecule has 0 saturated carbocycles. The average Bonchev–Trinajstić information content (AvgIpc) is 2.64. The molecule has 1 heterocycles. The van der Waals surface area contributed by atoms with Gasteiger partial charge in [-0.25, -0.2) is 4.98 Å². The minimum atomic E-state index is 0. The first-order valence-corrected chi connectivity index (χ1v) is 5.69. The summed E-state index contributed by atoms with van der Waals surface area (Å²) in [5.41, 5.74) is 0.794. The van der Waals surface area contributed by atoms with Gasteiger partial charge in [-0.15, -0.1) is 0 Å². The van der Waals surface area contributed by atoms with Gasteiger partial charge in [0.2, 0.25) is 5.89 Å². The second-order valence-electron chi connectivity index (χ2n) is 5.39. The molecule has 0 aliphatic rings. The number of hydrogen-bond acceptors (Lipinski definition) is 3. The van der Waals surface area contributed by atoms with Crippen molar-refractivity contribution in [2.45, 2.75) is 27.2 Å². The van der Waals surface area contributed by atoms with Gasteiger partial charge in [0.25, 0.3) is 0 Å². The van der Waals surface area contributed by atoms with E-state index in [1.165, 1.54) is 0 Å². The molecule has 1 radical (unpaired) electrons. The molecule has 0 spiro atoms. The van der Waals surface area contributed by atoms with E-state index in [4.69, 9.17) is 4.42 Å². The zero-order chi connectivity index (χ0) is 12.5. The quantitative estimate of drug-likeness (QED) is 0.802. The largest absolute Gasteiger partial charge is 0.507 e. The molecule has 0 bridgehead atoms. The second kappa shape index (κ2) is 5.68. The van der Waals surface area contributed by atoms with Crippen LogP contribution in [-0.2, 0) is 26.5 Å². The minimum Gasteiger partial charge on any atom is -0.507 e. The Morgan fingerprint density at radius 2 is 1.89 bits per heavy atom. The molecule has 3 nitrogen and oxygen atoms in total. The summed E-state index contributed by atoms with van der Waals surface area (Å²) in [6, 6.07) is 7.05. The van der Waals surface area contributed by atoms with Crippen molar-refractivity contribution in [3.8, 4) is 17.2 Å². The predicted octanol–water partition coefficient (Wildman–Crippen LogP) is 3.63. The van der Waals surface area contributed by atoms with Crippen LogP contribution in [0.1, 0.15) is 26.5 Å². The van der Waals surface area contributed by atoms with E-state index >= 15 is 0 Å². The number of nitrogens with zero attached hydrogens (tertiary/aromatic N) is 1. The summed E-state index contributed by atoms with van der Waals surface area (Å²) >= 11 is 0. The van der Waals surface area contributed by atoms with Crippen molar-refractivity contribution >= 4 is 0 Å². The number of hydrogen-bond donors (Lipinski definition) is 1. The van der Waals surface area contributed by atoms with Crippen LogP contribution in [0.15, 0.2) is 34.9 Å². The van der Waals surface area contributed by atoms with E-state index in [1.807, 2.05) is 6.07 Å². The maximum absolute atomic E-state index is 9.71. The molecule has 0 amide bonds. The Bertz CT molecular complexity index is 515. The number of para-hydroxylation sites is 1. The Balaban J connectivity index is 0.00000162. The fraction of sp³-hybridized carbons (Fsp3) is 0.357. The van der Waals surface area contributed by atoms with Crippen molar-refractivity contribution in [2.75, 3.05) is 0 Å². The summed E-state index contributed by atoms with van der Waals surface area (Å²) in [6.45, 7) is 6.44. The zero-order valence-corrected chi connectivity index (χ0v) is 13.1. The monoisotopic (exact) mass is 424 g/mol. The van der Waals surface area contributed by atoms with Gasteiger partial charge in [0, 0.05) is 26.5 Å². The van der Waals surface area contributed by atoms with Gasteiger partial charge >= 0.3 is 0 Å². The van der Waals surface area contributed by atoms with Crippen LogP contribution in [0, 0.1) is 5.41 Å². The number of phenols is 1. The van der Waals surface area contributed by atoms with Crippen LogP contribution >= 0.6 is 0 Å². The topological polar surface area (TPSA) is 46.3 Å². The predicted molar refractivity (Wildman–Crippen MR) is 66.8 cm³/mol. The van der Waals surface area contributed by atoms with Crippen molar-refractivity contribution in [3.05, 3.63) is 36.2 Å². The first kappa shape index (κ1) is 14.9. The van der Waals surface area contributed by atoms with Gasteiger partial charge in [0.15, 0.2) is 0 Å². The number of benzene rings is 1. The van der Waals surface area contributed by atoms with Crippen LogP contribution in [0.25, 0.3) is 11.5 Å². The zero-order valence-electron chi connectivity index (χ0n) is 10.7. The van der Waals surface area contributed by atoms with Crippen molar-refractivity contribution in [3.63, 3.8) is 0 Å². The maximum atomic E-state index is 9.71. The number of aromatic hydroxyl groups is 1. The number of phenolic OH excluding ortho intramolecular Hbond substituents is 1. The summed E-state index contributed by atoms with van der Waals surface area (Å²) in [5, 5.41) is 9.71. The molecule has 1 aromatic heterocycles. The molecular formula is C14H17IrNO2. The SMILES string of the molecule is CC(C)(C)Cc1cnc(-c2ccccc2O)o1.[Ir]. The standard InChI is InChI=1S/C14H17NO2.Ir/c1-14(2,3)8-10-9-15-13(17-10)11-6-4-5-7-12(11)16;/h4-7,9,16H,8H2,1-3H3;. The number of aromatic nitrogens is 1. The summed E-state index contributed by atoms with van der Waals surface area (Å²) in [7, 11) is 0. The van der Waals surface area contributed by atoms with Gasteiger partial charge in [0.05, 0.1) is 11.8 Å². The van der Waals surface area contributed by atoms with Crippen molar-refractivity contribution < 1.29 is 29.6 Å². The Hall–Kier alpha value is -1.12. The van der Waals surface area contributed by atoms with Gasteiger partial charge in [0.1, 0.15) is 11.5 Å². The molecule has 0 unspecified atom stereocenters. The third-order valence-electron chi connectivity index (χ3n) is 2.39. The second-order valence-corrected chi connectivity index (χ2v) is 5.39. The van der Waals surface area contributed by atoms with Crippen LogP contribution in [0.5, 0.6) is 5.75 Å². The molecule has 4 heteroatoms. The van der Waals surface area contributed by atoms with E-state index in [9.17, 15) is 5.11 Å². The van der Waals surface area contributed by atoms with E-state index in [0.29, 0.717) is 11.5 Å². The molecule has 0 saturated heterocycles. The summed E-state index contributed by atoms with van der Waals surface area (Å²) in [4.78, 5) is 4.20. The molecule has 2 aromatic rings. The molecule has 1 N–H and O–H groups in total. The maximum Gasteiger partial charge on any atom is 0.229 e. The van der Waals surface area contributed by atoms with Crippen LogP contribution in [0.4, 0.5) is 0 Å². The van der Waals surface area contributed by atoms with Crippen LogP contribution < -0.4 is 0 Å². The molecule has 0 aliphatic heterocycles. The van der Waals surface area contributed by atoms with E-state index in [1.54, 1.807) is 24.4 Å². The van der Waals surface area contributed by atoms with Gasteiger partial charge in [-0.3, -0.25) is 0 Å². The molecule has 18 heavy (non-hydrogen) atoms. The molecular weight excluding hydrogens is 406 g/mol. The van der Waals surface area contributed by atoms with Crippen LogP contribution in [0.2, 0.25) is 0 Å². The third-order valence-corrected chi connectivity index (χ3v) is 2.39. The van der Waals surface area contributed by atoms with E-state index in [2.05, 4.69) is 25.8 Å². The molecule has 1 aromatic carbocycles. The van der Waals surface area contributed by atoms with Crippen molar-refractivity contribution in [1.82, 2.24) is 4.98 Å². The molecule has 2 rings (SSSR count). The molecule has 0 aliphatic carbocycles. The fourth-order valence-electron chi connectivity index (χ4n) is 1.69. The Kier molecular flexibility index (Phi) is 4.71. The first-order valence-electron chi connectivity index (χ1n) is 5.69. The number of oxazole rings is 1. The van der Waals surface area contributed by atoms with Gasteiger partial charge in [-0.1, -0.05) is 32.9 Å². The van der Waals surface area contributed by atoms with Gasteiger partial charge < -0.3 is 9.52 Å². The van der Waals surface area contributed by atoms with E-state index < -0.39 is 0 Å². The molecule has 0 atom stereocenters. The summed E-state index contributed by atoms with van der Waals surface area (Å²) in [6.07, 6.45) is 2.56. The average molecular weight is 424 g/mol. The van der Waals surface area contributed by atoms with E-state index in [0.717, 1.165) is 12.2 Å². The van der Waals surface area contributed by atoms with Gasteiger partial charge in [-0.2, -0.15) is 0 Å². The minimum absolute atomic E-state index is 0. The Morgan fingerprint density at radius 3 is 2.50 bits per heavy atom. The fourth-order valence-corrected chi connectivity index (χ4v) is 1.69. The Morgan fingerprint density at radius 1 is 1.22 bits per heavy atom. The third kappa shape index (κ3) is 3.69. The van der Waals surface area contributed by atoms with Crippen molar-refractivity contribution in [1.29, 1.82) is 0 Å². The van der Waals surface area contributed by atoms with Gasteiger partial charge in [-0.05, 0) is 17.5 Å². The summed E-state index contributed by atoms with van der Waals surface area (Å²) in [5.74, 6) is 1.51. The smallest absolute Gasteiger partial charge is 0.229 e. The molecule has 0 fully saturated rings. The first-order chi connectivity index (χ1) is 7.96. The normalized spacial score (nSPS) is 11.1. The van der Waals surface area contributed by atoms with Crippen LogP contribution in [0.3, 0.4) is 0 Å².